The van der Waals surface area contributed by atoms with Gasteiger partial charge in [0.05, 0.1) is 37.7 Å². The Morgan fingerprint density at radius 1 is 0.927 bits per heavy atom. The highest BCUT2D eigenvalue weighted by molar-refractivity contribution is 6.10. The first-order valence-electron chi connectivity index (χ1n) is 12.8. The van der Waals surface area contributed by atoms with Gasteiger partial charge in [-0.2, -0.15) is 0 Å². The van der Waals surface area contributed by atoms with Gasteiger partial charge in [0.15, 0.2) is 11.5 Å². The summed E-state index contributed by atoms with van der Waals surface area (Å²) in [5, 5.41) is 2.40. The fraction of sp³-hybridized carbons (Fsp3) is 0.233. The number of nitrogen functional groups attached to an aromatic ring is 1. The van der Waals surface area contributed by atoms with Crippen molar-refractivity contribution in [2.24, 2.45) is 5.73 Å². The van der Waals surface area contributed by atoms with Crippen molar-refractivity contribution in [2.75, 3.05) is 40.2 Å². The molecule has 0 unspecified atom stereocenters. The number of fused-ring (bicyclic) bond motifs is 3. The second kappa shape index (κ2) is 11.9. The van der Waals surface area contributed by atoms with E-state index in [1.165, 1.54) is 6.07 Å². The number of halogens is 2. The van der Waals surface area contributed by atoms with E-state index in [0.717, 1.165) is 28.4 Å². The predicted octanol–water partition coefficient (Wildman–Crippen LogP) is 4.56. The van der Waals surface area contributed by atoms with Gasteiger partial charge in [0.1, 0.15) is 29.8 Å². The quantitative estimate of drug-likeness (QED) is 0.237. The van der Waals surface area contributed by atoms with Crippen molar-refractivity contribution in [1.29, 1.82) is 0 Å². The zero-order valence-corrected chi connectivity index (χ0v) is 22.9. The number of nitrogens with zero attached hydrogens (tertiary/aromatic N) is 4. The summed E-state index contributed by atoms with van der Waals surface area (Å²) >= 11 is 0. The molecule has 0 radical (unpaired) electrons. The molecule has 4 N–H and O–H groups in total. The van der Waals surface area contributed by atoms with Gasteiger partial charge in [0, 0.05) is 53.4 Å². The molecule has 1 atom stereocenters. The number of hydrogen-bond acceptors (Lipinski definition) is 9. The van der Waals surface area contributed by atoms with Crippen molar-refractivity contribution in [3.05, 3.63) is 78.3 Å². The van der Waals surface area contributed by atoms with Gasteiger partial charge in [-0.05, 0) is 48.8 Å². The first kappa shape index (κ1) is 27.9. The molecule has 5 aromatic rings. The normalized spacial score (nSPS) is 12.2. The first-order chi connectivity index (χ1) is 19.7. The highest BCUT2D eigenvalue weighted by Crippen LogP contribution is 2.37. The van der Waals surface area contributed by atoms with Gasteiger partial charge in [0.2, 0.25) is 0 Å². The summed E-state index contributed by atoms with van der Waals surface area (Å²) in [4.78, 5) is 15.2. The summed E-state index contributed by atoms with van der Waals surface area (Å²) < 4.78 is 44.3. The van der Waals surface area contributed by atoms with Crippen LogP contribution < -0.4 is 25.7 Å². The zero-order valence-electron chi connectivity index (χ0n) is 22.9. The average Bonchev–Trinajstić information content (AvgIpc) is 2.97. The van der Waals surface area contributed by atoms with Crippen molar-refractivity contribution >= 4 is 27.5 Å². The minimum Gasteiger partial charge on any atom is -0.493 e. The summed E-state index contributed by atoms with van der Waals surface area (Å²) in [6.45, 7) is 0.805. The van der Waals surface area contributed by atoms with Gasteiger partial charge >= 0.3 is 0 Å². The van der Waals surface area contributed by atoms with Crippen LogP contribution in [0.2, 0.25) is 0 Å². The molecule has 212 valence electrons. The molecule has 0 fully saturated rings. The third-order valence-corrected chi connectivity index (χ3v) is 6.68. The predicted molar refractivity (Wildman–Crippen MR) is 154 cm³/mol. The standard InChI is InChI=1S/C30H30F2N6O3/c1-38(14-18-6-19(31)4-5-25(18)32)15-20(33)16-41-21-7-17(11-35-12-21)26-8-22-23-9-28(39-2)29(40-3)10-27(23)36-13-24(22)30(34)37-26/h4-13,20H,14-16,33H2,1-3H3,(H2,34,37)/t20-/m0/s1. The minimum absolute atomic E-state index is 0.187. The lowest BCUT2D eigenvalue weighted by Crippen LogP contribution is -2.39. The molecule has 0 amide bonds. The summed E-state index contributed by atoms with van der Waals surface area (Å²) in [5.41, 5.74) is 14.9. The summed E-state index contributed by atoms with van der Waals surface area (Å²) in [5.74, 6) is 1.04. The van der Waals surface area contributed by atoms with E-state index in [2.05, 4.69) is 15.0 Å². The molecule has 0 bridgehead atoms. The van der Waals surface area contributed by atoms with Crippen LogP contribution in [0.1, 0.15) is 5.56 Å². The second-order valence-corrected chi connectivity index (χ2v) is 9.75. The van der Waals surface area contributed by atoms with Crippen molar-refractivity contribution < 1.29 is 23.0 Å². The lowest BCUT2D eigenvalue weighted by Gasteiger charge is -2.22. The lowest BCUT2D eigenvalue weighted by molar-refractivity contribution is 0.231. The minimum atomic E-state index is -0.484. The van der Waals surface area contributed by atoms with Crippen LogP contribution in [-0.2, 0) is 6.54 Å². The van der Waals surface area contributed by atoms with Gasteiger partial charge < -0.3 is 30.6 Å². The van der Waals surface area contributed by atoms with Crippen LogP contribution in [0, 0.1) is 11.6 Å². The van der Waals surface area contributed by atoms with Crippen LogP contribution >= 0.6 is 0 Å². The number of aromatic nitrogens is 3. The van der Waals surface area contributed by atoms with Gasteiger partial charge in [-0.1, -0.05) is 0 Å². The number of anilines is 1. The largest absolute Gasteiger partial charge is 0.493 e. The van der Waals surface area contributed by atoms with Crippen molar-refractivity contribution in [3.63, 3.8) is 0 Å². The van der Waals surface area contributed by atoms with Crippen LogP contribution in [-0.4, -0.2) is 60.3 Å². The van der Waals surface area contributed by atoms with Crippen molar-refractivity contribution in [2.45, 2.75) is 12.6 Å². The molecular weight excluding hydrogens is 530 g/mol. The van der Waals surface area contributed by atoms with E-state index in [1.54, 1.807) is 39.9 Å². The Bertz CT molecular complexity index is 1720. The number of rotatable bonds is 10. The van der Waals surface area contributed by atoms with Crippen molar-refractivity contribution in [1.82, 2.24) is 19.9 Å². The van der Waals surface area contributed by atoms with Crippen LogP contribution in [0.3, 0.4) is 0 Å². The zero-order chi connectivity index (χ0) is 29.1. The molecule has 3 heterocycles. The molecule has 0 aliphatic rings. The van der Waals surface area contributed by atoms with E-state index < -0.39 is 11.6 Å². The fourth-order valence-corrected chi connectivity index (χ4v) is 4.72. The highest BCUT2D eigenvalue weighted by Gasteiger charge is 2.15. The average molecular weight is 561 g/mol. The number of pyridine rings is 3. The maximum Gasteiger partial charge on any atom is 0.162 e. The van der Waals surface area contributed by atoms with Crippen LogP contribution in [0.25, 0.3) is 32.9 Å². The Labute approximate surface area is 235 Å². The molecular formula is C30H30F2N6O3. The van der Waals surface area contributed by atoms with Crippen LogP contribution in [0.5, 0.6) is 17.2 Å². The van der Waals surface area contributed by atoms with Gasteiger partial charge in [-0.25, -0.2) is 13.8 Å². The number of likely N-dealkylation sites (N-methyl/N-ethyl adjacent to an activating group) is 1. The Morgan fingerprint density at radius 2 is 1.71 bits per heavy atom. The van der Waals surface area contributed by atoms with Gasteiger partial charge in [-0.15, -0.1) is 0 Å². The topological polar surface area (TPSA) is 122 Å². The molecule has 9 nitrogen and oxygen atoms in total. The molecule has 3 aromatic heterocycles. The Morgan fingerprint density at radius 3 is 2.49 bits per heavy atom. The molecule has 0 saturated heterocycles. The molecule has 0 aliphatic heterocycles. The second-order valence-electron chi connectivity index (χ2n) is 9.75. The number of nitrogens with two attached hydrogens (primary N) is 2. The molecule has 11 heteroatoms. The maximum absolute atomic E-state index is 14.0. The maximum atomic E-state index is 14.0. The number of methoxy groups -OCH3 is 2. The number of ether oxygens (including phenoxy) is 3. The highest BCUT2D eigenvalue weighted by atomic mass is 19.1. The van der Waals surface area contributed by atoms with E-state index in [4.69, 9.17) is 25.7 Å². The van der Waals surface area contributed by atoms with E-state index in [9.17, 15) is 8.78 Å². The molecule has 0 saturated carbocycles. The molecule has 0 spiro atoms. The third-order valence-electron chi connectivity index (χ3n) is 6.68. The van der Waals surface area contributed by atoms with E-state index in [1.807, 2.05) is 29.2 Å². The van der Waals surface area contributed by atoms with E-state index in [-0.39, 0.29) is 24.8 Å². The smallest absolute Gasteiger partial charge is 0.162 e. The molecule has 2 aromatic carbocycles. The summed E-state index contributed by atoms with van der Waals surface area (Å²) in [6, 6.07) is 10.4. The molecule has 41 heavy (non-hydrogen) atoms. The number of hydrogen-bond donors (Lipinski definition) is 2. The van der Waals surface area contributed by atoms with E-state index >= 15 is 0 Å². The Balaban J connectivity index is 1.34. The number of benzene rings is 2. The summed E-state index contributed by atoms with van der Waals surface area (Å²) in [7, 11) is 4.94. The Hall–Kier alpha value is -4.61. The first-order valence-corrected chi connectivity index (χ1v) is 12.8. The van der Waals surface area contributed by atoms with Gasteiger partial charge in [0.25, 0.3) is 0 Å². The Kier molecular flexibility index (Phi) is 8.09. The SMILES string of the molecule is COc1cc2ncc3c(N)nc(-c4cncc(OC[C@@H](N)CN(C)Cc5cc(F)ccc5F)c4)cc3c2cc1OC. The van der Waals surface area contributed by atoms with Crippen molar-refractivity contribution in [3.8, 4) is 28.5 Å². The van der Waals surface area contributed by atoms with E-state index in [0.29, 0.717) is 46.3 Å². The molecule has 5 rings (SSSR count). The summed E-state index contributed by atoms with van der Waals surface area (Å²) in [6.07, 6.45) is 4.95. The lowest BCUT2D eigenvalue weighted by atomic mass is 10.0. The van der Waals surface area contributed by atoms with Gasteiger partial charge in [-0.3, -0.25) is 9.97 Å². The van der Waals surface area contributed by atoms with Crippen LogP contribution in [0.4, 0.5) is 14.6 Å². The van der Waals surface area contributed by atoms with Crippen LogP contribution in [0.15, 0.2) is 61.1 Å². The molecule has 0 aliphatic carbocycles. The fourth-order valence-electron chi connectivity index (χ4n) is 4.72. The monoisotopic (exact) mass is 560 g/mol. The third kappa shape index (κ3) is 6.11.